The number of rotatable bonds is 6. The van der Waals surface area contributed by atoms with Gasteiger partial charge in [0, 0.05) is 14.7 Å². The maximum absolute atomic E-state index is 11.8. The Hall–Kier alpha value is -1.11. The van der Waals surface area contributed by atoms with E-state index in [0.717, 1.165) is 26.0 Å². The molecule has 6 heteroatoms. The first-order valence-electron chi connectivity index (χ1n) is 6.96. The fourth-order valence-corrected chi connectivity index (χ4v) is 3.50. The summed E-state index contributed by atoms with van der Waals surface area (Å²) in [4.78, 5) is 11.8. The zero-order valence-corrected chi connectivity index (χ0v) is 16.5. The smallest absolute Gasteiger partial charge is 0.250 e. The molecule has 1 N–H and O–H groups in total. The Morgan fingerprint density at radius 2 is 1.83 bits per heavy atom. The molecule has 0 aromatic heterocycles. The molecule has 0 saturated carbocycles. The lowest BCUT2D eigenvalue weighted by Gasteiger charge is -2.05. The van der Waals surface area contributed by atoms with Gasteiger partial charge in [0.15, 0.2) is 0 Å². The normalized spacial score (nSPS) is 11.3. The number of halogens is 2. The molecule has 2 aromatic rings. The first-order chi connectivity index (χ1) is 11.1. The SMILES string of the molecule is C/C(=N/NC(=O)CSCc1ccccc1Br)c1ccc(Br)cc1. The number of hydrazone groups is 1. The van der Waals surface area contributed by atoms with Crippen molar-refractivity contribution < 1.29 is 4.79 Å². The molecule has 2 rings (SSSR count). The largest absolute Gasteiger partial charge is 0.272 e. The third kappa shape index (κ3) is 6.12. The number of carbonyl (C=O) groups is 1. The van der Waals surface area contributed by atoms with Crippen molar-refractivity contribution in [2.75, 3.05) is 5.75 Å². The van der Waals surface area contributed by atoms with Crippen LogP contribution in [0.15, 0.2) is 62.6 Å². The van der Waals surface area contributed by atoms with E-state index >= 15 is 0 Å². The van der Waals surface area contributed by atoms with Crippen molar-refractivity contribution in [1.82, 2.24) is 5.43 Å². The number of nitrogens with one attached hydrogen (secondary N) is 1. The maximum atomic E-state index is 11.8. The molecule has 0 aliphatic rings. The zero-order valence-electron chi connectivity index (χ0n) is 12.6. The van der Waals surface area contributed by atoms with Crippen molar-refractivity contribution in [2.24, 2.45) is 5.10 Å². The molecule has 120 valence electrons. The summed E-state index contributed by atoms with van der Waals surface area (Å²) in [5.74, 6) is 1.06. The second-order valence-electron chi connectivity index (χ2n) is 4.82. The van der Waals surface area contributed by atoms with Crippen LogP contribution < -0.4 is 5.43 Å². The van der Waals surface area contributed by atoms with Gasteiger partial charge in [0.1, 0.15) is 0 Å². The molecule has 2 aromatic carbocycles. The molecule has 0 spiro atoms. The van der Waals surface area contributed by atoms with Gasteiger partial charge in [0.2, 0.25) is 5.91 Å². The highest BCUT2D eigenvalue weighted by Gasteiger charge is 2.04. The maximum Gasteiger partial charge on any atom is 0.250 e. The highest BCUT2D eigenvalue weighted by molar-refractivity contribution is 9.10. The van der Waals surface area contributed by atoms with E-state index in [1.54, 1.807) is 11.8 Å². The third-order valence-electron chi connectivity index (χ3n) is 3.06. The van der Waals surface area contributed by atoms with Crippen LogP contribution in [0.4, 0.5) is 0 Å². The fraction of sp³-hybridized carbons (Fsp3) is 0.176. The van der Waals surface area contributed by atoms with Gasteiger partial charge in [-0.25, -0.2) is 5.43 Å². The second kappa shape index (κ2) is 9.25. The number of amides is 1. The van der Waals surface area contributed by atoms with E-state index in [9.17, 15) is 4.79 Å². The van der Waals surface area contributed by atoms with Crippen LogP contribution in [-0.2, 0) is 10.5 Å². The van der Waals surface area contributed by atoms with Crippen molar-refractivity contribution >= 4 is 55.2 Å². The number of carbonyl (C=O) groups excluding carboxylic acids is 1. The summed E-state index contributed by atoms with van der Waals surface area (Å²) in [5, 5.41) is 4.15. The molecule has 23 heavy (non-hydrogen) atoms. The van der Waals surface area contributed by atoms with Crippen molar-refractivity contribution in [3.63, 3.8) is 0 Å². The molecule has 0 fully saturated rings. The standard InChI is InChI=1S/C17H16Br2N2OS/c1-12(13-6-8-15(18)9-7-13)20-21-17(22)11-23-10-14-4-2-3-5-16(14)19/h2-9H,10-11H2,1H3,(H,21,22)/b20-12-. The van der Waals surface area contributed by atoms with Crippen LogP contribution >= 0.6 is 43.6 Å². The lowest BCUT2D eigenvalue weighted by molar-refractivity contribution is -0.118. The Labute approximate surface area is 157 Å². The molecule has 0 aliphatic heterocycles. The van der Waals surface area contributed by atoms with Crippen molar-refractivity contribution in [3.05, 3.63) is 68.6 Å². The Morgan fingerprint density at radius 3 is 2.52 bits per heavy atom. The van der Waals surface area contributed by atoms with Gasteiger partial charge in [0.05, 0.1) is 11.5 Å². The lowest BCUT2D eigenvalue weighted by atomic mass is 10.1. The summed E-state index contributed by atoms with van der Waals surface area (Å²) < 4.78 is 2.08. The summed E-state index contributed by atoms with van der Waals surface area (Å²) >= 11 is 8.46. The van der Waals surface area contributed by atoms with E-state index in [1.165, 1.54) is 5.56 Å². The molecule has 0 aliphatic carbocycles. The van der Waals surface area contributed by atoms with Crippen molar-refractivity contribution in [3.8, 4) is 0 Å². The molecule has 0 saturated heterocycles. The number of hydrogen-bond acceptors (Lipinski definition) is 3. The number of thioether (sulfide) groups is 1. The van der Waals surface area contributed by atoms with Gasteiger partial charge in [0.25, 0.3) is 0 Å². The van der Waals surface area contributed by atoms with E-state index in [-0.39, 0.29) is 5.91 Å². The van der Waals surface area contributed by atoms with E-state index < -0.39 is 0 Å². The average Bonchev–Trinajstić information content (AvgIpc) is 2.55. The quantitative estimate of drug-likeness (QED) is 0.492. The van der Waals surface area contributed by atoms with Gasteiger partial charge in [-0.1, -0.05) is 62.2 Å². The van der Waals surface area contributed by atoms with Crippen LogP contribution in [0.2, 0.25) is 0 Å². The second-order valence-corrected chi connectivity index (χ2v) is 7.58. The van der Waals surface area contributed by atoms with Crippen LogP contribution in [0.1, 0.15) is 18.1 Å². The summed E-state index contributed by atoms with van der Waals surface area (Å²) in [6.45, 7) is 1.87. The molecule has 1 amide bonds. The Bertz CT molecular complexity index is 702. The van der Waals surface area contributed by atoms with Gasteiger partial charge >= 0.3 is 0 Å². The Morgan fingerprint density at radius 1 is 1.13 bits per heavy atom. The minimum absolute atomic E-state index is 0.0986. The predicted molar refractivity (Wildman–Crippen MR) is 105 cm³/mol. The van der Waals surface area contributed by atoms with Crippen molar-refractivity contribution in [2.45, 2.75) is 12.7 Å². The topological polar surface area (TPSA) is 41.5 Å². The minimum Gasteiger partial charge on any atom is -0.272 e. The van der Waals surface area contributed by atoms with Gasteiger partial charge in [-0.3, -0.25) is 4.79 Å². The number of nitrogens with zero attached hydrogens (tertiary/aromatic N) is 1. The Balaban J connectivity index is 1.79. The van der Waals surface area contributed by atoms with E-state index in [1.807, 2.05) is 55.5 Å². The highest BCUT2D eigenvalue weighted by Crippen LogP contribution is 2.21. The third-order valence-corrected chi connectivity index (χ3v) is 5.34. The Kier molecular flexibility index (Phi) is 7.33. The lowest BCUT2D eigenvalue weighted by Crippen LogP contribution is -2.21. The summed E-state index contributed by atoms with van der Waals surface area (Å²) in [6.07, 6.45) is 0. The molecule has 0 unspecified atom stereocenters. The zero-order chi connectivity index (χ0) is 16.7. The molecular weight excluding hydrogens is 440 g/mol. The molecule has 0 bridgehead atoms. The highest BCUT2D eigenvalue weighted by atomic mass is 79.9. The average molecular weight is 456 g/mol. The summed E-state index contributed by atoms with van der Waals surface area (Å²) in [6, 6.07) is 15.8. The molecule has 0 radical (unpaired) electrons. The molecular formula is C17H16Br2N2OS. The molecule has 0 atom stereocenters. The summed E-state index contributed by atoms with van der Waals surface area (Å²) in [5.41, 5.74) is 5.54. The van der Waals surface area contributed by atoms with Crippen LogP contribution in [0.5, 0.6) is 0 Å². The van der Waals surface area contributed by atoms with Gasteiger partial charge < -0.3 is 0 Å². The summed E-state index contributed by atoms with van der Waals surface area (Å²) in [7, 11) is 0. The molecule has 3 nitrogen and oxygen atoms in total. The van der Waals surface area contributed by atoms with Crippen LogP contribution in [0.3, 0.4) is 0 Å². The fourth-order valence-electron chi connectivity index (χ4n) is 1.80. The van der Waals surface area contributed by atoms with Crippen LogP contribution in [0.25, 0.3) is 0 Å². The first kappa shape index (κ1) is 18.2. The number of hydrogen-bond donors (Lipinski definition) is 1. The monoisotopic (exact) mass is 454 g/mol. The van der Waals surface area contributed by atoms with Gasteiger partial charge in [-0.15, -0.1) is 11.8 Å². The van der Waals surface area contributed by atoms with Gasteiger partial charge in [-0.05, 0) is 36.2 Å². The van der Waals surface area contributed by atoms with E-state index in [0.29, 0.717) is 5.75 Å². The molecule has 0 heterocycles. The first-order valence-corrected chi connectivity index (χ1v) is 9.70. The van der Waals surface area contributed by atoms with E-state index in [4.69, 9.17) is 0 Å². The predicted octanol–water partition coefficient (Wildman–Crippen LogP) is 4.99. The van der Waals surface area contributed by atoms with Crippen LogP contribution in [0, 0.1) is 0 Å². The van der Waals surface area contributed by atoms with E-state index in [2.05, 4.69) is 42.4 Å². The van der Waals surface area contributed by atoms with Crippen molar-refractivity contribution in [1.29, 1.82) is 0 Å². The van der Waals surface area contributed by atoms with Crippen LogP contribution in [-0.4, -0.2) is 17.4 Å². The minimum atomic E-state index is -0.0986. The van der Waals surface area contributed by atoms with Gasteiger partial charge in [-0.2, -0.15) is 5.10 Å². The number of benzene rings is 2.